The first-order valence-electron chi connectivity index (χ1n) is 4.92. The summed E-state index contributed by atoms with van der Waals surface area (Å²) in [6.07, 6.45) is 0. The molecule has 1 N–H and O–H groups in total. The normalized spacial score (nSPS) is 11.4. The third-order valence-corrected chi connectivity index (χ3v) is 2.19. The van der Waals surface area contributed by atoms with E-state index >= 15 is 0 Å². The summed E-state index contributed by atoms with van der Waals surface area (Å²) in [6, 6.07) is 16.7. The Bertz CT molecular complexity index is 401. The average Bonchev–Trinajstić information content (AvgIpc) is 2.30. The minimum absolute atomic E-state index is 0.759. The monoisotopic (exact) mass is 236 g/mol. The highest BCUT2D eigenvalue weighted by Gasteiger charge is 2.02. The summed E-state index contributed by atoms with van der Waals surface area (Å²) in [6.45, 7) is 1.41. The maximum Gasteiger partial charge on any atom is 0.321 e. The summed E-state index contributed by atoms with van der Waals surface area (Å²) in [5, 5.41) is 9.72. The highest BCUT2D eigenvalue weighted by atomic mass is 35.5. The molecule has 0 saturated carbocycles. The Morgan fingerprint density at radius 2 is 1.31 bits per heavy atom. The van der Waals surface area contributed by atoms with Gasteiger partial charge in [0.1, 0.15) is 5.38 Å². The van der Waals surface area contributed by atoms with Crippen LogP contribution in [0.25, 0.3) is 10.8 Å². The Morgan fingerprint density at radius 1 is 1.06 bits per heavy atom. The van der Waals surface area contributed by atoms with Crippen LogP contribution in [-0.4, -0.2) is 16.5 Å². The SMILES string of the molecule is CC(Cl)C(=O)O.c1ccc2ccccc2c1. The number of alkyl halides is 1. The molecule has 0 aliphatic heterocycles. The lowest BCUT2D eigenvalue weighted by Crippen LogP contribution is -2.06. The van der Waals surface area contributed by atoms with Crippen LogP contribution < -0.4 is 0 Å². The lowest BCUT2D eigenvalue weighted by molar-refractivity contribution is -0.136. The number of aliphatic carboxylic acids is 1. The molecule has 2 nitrogen and oxygen atoms in total. The fraction of sp³-hybridized carbons (Fsp3) is 0.154. The maximum atomic E-state index is 9.57. The quantitative estimate of drug-likeness (QED) is 0.769. The van der Waals surface area contributed by atoms with Gasteiger partial charge in [0.05, 0.1) is 0 Å². The molecule has 0 aliphatic carbocycles. The molecule has 1 unspecified atom stereocenters. The average molecular weight is 237 g/mol. The fourth-order valence-electron chi connectivity index (χ4n) is 1.13. The largest absolute Gasteiger partial charge is 0.480 e. The lowest BCUT2D eigenvalue weighted by atomic mass is 10.1. The van der Waals surface area contributed by atoms with Gasteiger partial charge in [-0.3, -0.25) is 4.79 Å². The molecule has 2 aromatic carbocycles. The molecule has 0 amide bonds. The van der Waals surface area contributed by atoms with E-state index in [1.807, 2.05) is 0 Å². The summed E-state index contributed by atoms with van der Waals surface area (Å²) < 4.78 is 0. The fourth-order valence-corrected chi connectivity index (χ4v) is 1.13. The Morgan fingerprint density at radius 3 is 1.50 bits per heavy atom. The Balaban J connectivity index is 0.000000187. The molecule has 0 aliphatic rings. The third-order valence-electron chi connectivity index (χ3n) is 2.00. The van der Waals surface area contributed by atoms with E-state index in [2.05, 4.69) is 48.5 Å². The van der Waals surface area contributed by atoms with E-state index < -0.39 is 11.3 Å². The lowest BCUT2D eigenvalue weighted by Gasteiger charge is -1.92. The van der Waals surface area contributed by atoms with Crippen molar-refractivity contribution in [2.75, 3.05) is 0 Å². The number of halogens is 1. The standard InChI is InChI=1S/C10H8.C3H5ClO2/c1-2-6-10-8-4-3-7-9(10)5-1;1-2(4)3(5)6/h1-8H;2H,1H3,(H,5,6). The van der Waals surface area contributed by atoms with Gasteiger partial charge < -0.3 is 5.11 Å². The molecule has 0 heterocycles. The number of fused-ring (bicyclic) bond motifs is 1. The van der Waals surface area contributed by atoms with Gasteiger partial charge in [0.25, 0.3) is 0 Å². The first-order valence-corrected chi connectivity index (χ1v) is 5.35. The zero-order valence-corrected chi connectivity index (χ0v) is 9.69. The van der Waals surface area contributed by atoms with E-state index in [0.29, 0.717) is 0 Å². The van der Waals surface area contributed by atoms with Gasteiger partial charge in [-0.15, -0.1) is 11.6 Å². The van der Waals surface area contributed by atoms with Crippen molar-refractivity contribution >= 4 is 28.3 Å². The number of benzene rings is 2. The molecule has 0 fully saturated rings. The van der Waals surface area contributed by atoms with Crippen LogP contribution in [0, 0.1) is 0 Å². The first kappa shape index (κ1) is 12.5. The van der Waals surface area contributed by atoms with E-state index in [4.69, 9.17) is 16.7 Å². The van der Waals surface area contributed by atoms with Crippen LogP contribution in [0.4, 0.5) is 0 Å². The molecule has 0 aromatic heterocycles. The van der Waals surface area contributed by atoms with Gasteiger partial charge in [-0.1, -0.05) is 48.5 Å². The van der Waals surface area contributed by atoms with Crippen LogP contribution >= 0.6 is 11.6 Å². The van der Waals surface area contributed by atoms with Crippen LogP contribution in [0.5, 0.6) is 0 Å². The summed E-state index contributed by atoms with van der Waals surface area (Å²) in [7, 11) is 0. The summed E-state index contributed by atoms with van der Waals surface area (Å²) in [5.41, 5.74) is 0. The molecule has 2 aromatic rings. The number of carbonyl (C=O) groups is 1. The zero-order valence-electron chi connectivity index (χ0n) is 8.93. The van der Waals surface area contributed by atoms with Crippen molar-refractivity contribution in [3.05, 3.63) is 48.5 Å². The predicted molar refractivity (Wildman–Crippen MR) is 66.9 cm³/mol. The van der Waals surface area contributed by atoms with Gasteiger partial charge in [0.15, 0.2) is 0 Å². The van der Waals surface area contributed by atoms with Crippen molar-refractivity contribution in [3.63, 3.8) is 0 Å². The van der Waals surface area contributed by atoms with Crippen LogP contribution in [0.3, 0.4) is 0 Å². The molecular weight excluding hydrogens is 224 g/mol. The van der Waals surface area contributed by atoms with Crippen molar-refractivity contribution in [3.8, 4) is 0 Å². The van der Waals surface area contributed by atoms with E-state index in [1.165, 1.54) is 17.7 Å². The third kappa shape index (κ3) is 3.91. The molecule has 0 saturated heterocycles. The number of carboxylic acids is 1. The Hall–Kier alpha value is -1.54. The van der Waals surface area contributed by atoms with Crippen molar-refractivity contribution < 1.29 is 9.90 Å². The maximum absolute atomic E-state index is 9.57. The molecular formula is C13H13ClO2. The second-order valence-electron chi connectivity index (χ2n) is 3.30. The smallest absolute Gasteiger partial charge is 0.321 e. The highest BCUT2D eigenvalue weighted by Crippen LogP contribution is 2.11. The van der Waals surface area contributed by atoms with E-state index in [9.17, 15) is 4.79 Å². The first-order chi connectivity index (χ1) is 7.61. The number of rotatable bonds is 1. The summed E-state index contributed by atoms with van der Waals surface area (Å²) >= 11 is 5.01. The molecule has 16 heavy (non-hydrogen) atoms. The minimum Gasteiger partial charge on any atom is -0.480 e. The molecule has 1 atom stereocenters. The van der Waals surface area contributed by atoms with Crippen LogP contribution in [0.15, 0.2) is 48.5 Å². The molecule has 0 radical (unpaired) electrons. The second kappa shape index (κ2) is 6.13. The van der Waals surface area contributed by atoms with Crippen LogP contribution in [-0.2, 0) is 4.79 Å². The second-order valence-corrected chi connectivity index (χ2v) is 3.96. The van der Waals surface area contributed by atoms with Gasteiger partial charge in [0, 0.05) is 0 Å². The topological polar surface area (TPSA) is 37.3 Å². The van der Waals surface area contributed by atoms with Crippen molar-refractivity contribution in [2.24, 2.45) is 0 Å². The summed E-state index contributed by atoms with van der Waals surface area (Å²) in [4.78, 5) is 9.57. The van der Waals surface area contributed by atoms with Gasteiger partial charge in [-0.25, -0.2) is 0 Å². The highest BCUT2D eigenvalue weighted by molar-refractivity contribution is 6.29. The van der Waals surface area contributed by atoms with E-state index in [-0.39, 0.29) is 0 Å². The summed E-state index contributed by atoms with van der Waals surface area (Å²) in [5.74, 6) is -0.975. The van der Waals surface area contributed by atoms with Gasteiger partial charge in [-0.05, 0) is 17.7 Å². The van der Waals surface area contributed by atoms with Crippen LogP contribution in [0.1, 0.15) is 6.92 Å². The Kier molecular flexibility index (Phi) is 4.80. The molecule has 0 spiro atoms. The number of hydrogen-bond acceptors (Lipinski definition) is 1. The van der Waals surface area contributed by atoms with Crippen molar-refractivity contribution in [1.82, 2.24) is 0 Å². The number of hydrogen-bond donors (Lipinski definition) is 1. The predicted octanol–water partition coefficient (Wildman–Crippen LogP) is 3.54. The van der Waals surface area contributed by atoms with E-state index in [1.54, 1.807) is 0 Å². The molecule has 84 valence electrons. The molecule has 0 bridgehead atoms. The molecule has 3 heteroatoms. The van der Waals surface area contributed by atoms with Crippen LogP contribution in [0.2, 0.25) is 0 Å². The van der Waals surface area contributed by atoms with E-state index in [0.717, 1.165) is 0 Å². The van der Waals surface area contributed by atoms with Gasteiger partial charge in [-0.2, -0.15) is 0 Å². The van der Waals surface area contributed by atoms with Gasteiger partial charge >= 0.3 is 5.97 Å². The number of carboxylic acid groups (broad SMARTS) is 1. The minimum atomic E-state index is -0.975. The van der Waals surface area contributed by atoms with Crippen molar-refractivity contribution in [2.45, 2.75) is 12.3 Å². The zero-order chi connectivity index (χ0) is 12.0. The van der Waals surface area contributed by atoms with Gasteiger partial charge in [0.2, 0.25) is 0 Å². The Labute approximate surface area is 99.5 Å². The molecule has 2 rings (SSSR count). The van der Waals surface area contributed by atoms with Crippen molar-refractivity contribution in [1.29, 1.82) is 0 Å².